The monoisotopic (exact) mass is 217 g/mol. The Bertz CT molecular complexity index is 445. The lowest BCUT2D eigenvalue weighted by Crippen LogP contribution is -2.28. The molecule has 0 aliphatic carbocycles. The minimum Gasteiger partial charge on any atom is -0.494 e. The van der Waals surface area contributed by atoms with Crippen molar-refractivity contribution in [2.45, 2.75) is 20.4 Å². The van der Waals surface area contributed by atoms with E-state index in [4.69, 9.17) is 4.74 Å². The summed E-state index contributed by atoms with van der Waals surface area (Å²) in [6.45, 7) is 5.81. The Kier molecular flexibility index (Phi) is 3.25. The van der Waals surface area contributed by atoms with Gasteiger partial charge in [-0.2, -0.15) is 0 Å². The SMILES string of the molecule is CCOc1ccc(-n2cc[n+](CC)c2)cc1. The molecule has 84 valence electrons. The lowest BCUT2D eigenvalue weighted by Gasteiger charge is -2.02. The summed E-state index contributed by atoms with van der Waals surface area (Å²) in [6, 6.07) is 8.11. The number of nitrogens with zero attached hydrogens (tertiary/aromatic N) is 2. The van der Waals surface area contributed by atoms with Gasteiger partial charge in [0.15, 0.2) is 0 Å². The van der Waals surface area contributed by atoms with E-state index in [-0.39, 0.29) is 0 Å². The van der Waals surface area contributed by atoms with E-state index < -0.39 is 0 Å². The van der Waals surface area contributed by atoms with Gasteiger partial charge in [0.05, 0.1) is 13.2 Å². The van der Waals surface area contributed by atoms with Crippen LogP contribution in [0.15, 0.2) is 43.0 Å². The molecule has 2 rings (SSSR count). The summed E-state index contributed by atoms with van der Waals surface area (Å²) in [5.74, 6) is 0.918. The van der Waals surface area contributed by atoms with Crippen LogP contribution in [0.3, 0.4) is 0 Å². The van der Waals surface area contributed by atoms with Crippen LogP contribution in [-0.4, -0.2) is 11.2 Å². The van der Waals surface area contributed by atoms with Gasteiger partial charge in [-0.25, -0.2) is 9.13 Å². The highest BCUT2D eigenvalue weighted by Gasteiger charge is 2.04. The maximum atomic E-state index is 5.41. The largest absolute Gasteiger partial charge is 0.494 e. The maximum absolute atomic E-state index is 5.41. The Hall–Kier alpha value is -1.77. The van der Waals surface area contributed by atoms with Gasteiger partial charge in [-0.15, -0.1) is 0 Å². The number of ether oxygens (including phenoxy) is 1. The van der Waals surface area contributed by atoms with Crippen LogP contribution < -0.4 is 9.30 Å². The normalized spacial score (nSPS) is 10.4. The van der Waals surface area contributed by atoms with E-state index >= 15 is 0 Å². The van der Waals surface area contributed by atoms with Crippen LogP contribution in [0.4, 0.5) is 0 Å². The maximum Gasteiger partial charge on any atom is 0.248 e. The molecule has 0 saturated heterocycles. The molecule has 0 fully saturated rings. The molecule has 0 atom stereocenters. The summed E-state index contributed by atoms with van der Waals surface area (Å²) in [6.07, 6.45) is 6.20. The van der Waals surface area contributed by atoms with Gasteiger partial charge in [0.2, 0.25) is 6.33 Å². The van der Waals surface area contributed by atoms with E-state index in [0.717, 1.165) is 18.0 Å². The molecular weight excluding hydrogens is 200 g/mol. The van der Waals surface area contributed by atoms with E-state index in [1.165, 1.54) is 0 Å². The van der Waals surface area contributed by atoms with Gasteiger partial charge in [0.25, 0.3) is 0 Å². The zero-order chi connectivity index (χ0) is 11.4. The second kappa shape index (κ2) is 4.84. The average Bonchev–Trinajstić information content (AvgIpc) is 2.79. The third kappa shape index (κ3) is 2.24. The number of rotatable bonds is 4. The van der Waals surface area contributed by atoms with Crippen molar-refractivity contribution in [1.29, 1.82) is 0 Å². The Labute approximate surface area is 95.9 Å². The van der Waals surface area contributed by atoms with Gasteiger partial charge in [0, 0.05) is 0 Å². The number of imidazole rings is 1. The molecule has 3 nitrogen and oxygen atoms in total. The van der Waals surface area contributed by atoms with E-state index in [1.807, 2.05) is 19.1 Å². The molecule has 0 radical (unpaired) electrons. The highest BCUT2D eigenvalue weighted by molar-refractivity contribution is 5.36. The fraction of sp³-hybridized carbons (Fsp3) is 0.308. The Morgan fingerprint density at radius 2 is 1.94 bits per heavy atom. The zero-order valence-corrected chi connectivity index (χ0v) is 9.76. The van der Waals surface area contributed by atoms with Crippen molar-refractivity contribution < 1.29 is 9.30 Å². The molecular formula is C13H17N2O+. The van der Waals surface area contributed by atoms with Gasteiger partial charge < -0.3 is 4.74 Å². The van der Waals surface area contributed by atoms with Gasteiger partial charge in [0.1, 0.15) is 23.8 Å². The summed E-state index contributed by atoms with van der Waals surface area (Å²) >= 11 is 0. The zero-order valence-electron chi connectivity index (χ0n) is 9.76. The van der Waals surface area contributed by atoms with Gasteiger partial charge in [-0.1, -0.05) is 0 Å². The number of hydrogen-bond acceptors (Lipinski definition) is 1. The van der Waals surface area contributed by atoms with Crippen molar-refractivity contribution in [2.24, 2.45) is 0 Å². The van der Waals surface area contributed by atoms with Crippen LogP contribution in [0.2, 0.25) is 0 Å². The van der Waals surface area contributed by atoms with Crippen LogP contribution in [-0.2, 0) is 6.54 Å². The number of hydrogen-bond donors (Lipinski definition) is 0. The minimum absolute atomic E-state index is 0.707. The summed E-state index contributed by atoms with van der Waals surface area (Å²) in [5, 5.41) is 0. The van der Waals surface area contributed by atoms with E-state index in [0.29, 0.717) is 6.61 Å². The topological polar surface area (TPSA) is 18.0 Å². The summed E-state index contributed by atoms with van der Waals surface area (Å²) < 4.78 is 9.64. The predicted octanol–water partition coefficient (Wildman–Crippen LogP) is 2.18. The average molecular weight is 217 g/mol. The number of benzene rings is 1. The standard InChI is InChI=1S/C13H17N2O/c1-3-14-9-10-15(11-14)12-5-7-13(8-6-12)16-4-2/h5-11H,3-4H2,1-2H3/q+1. The number of aryl methyl sites for hydroxylation is 1. The van der Waals surface area contributed by atoms with Crippen LogP contribution in [0.25, 0.3) is 5.69 Å². The third-order valence-corrected chi connectivity index (χ3v) is 2.50. The van der Waals surface area contributed by atoms with Crippen LogP contribution in [0.1, 0.15) is 13.8 Å². The quantitative estimate of drug-likeness (QED) is 0.718. The first-order valence-electron chi connectivity index (χ1n) is 5.63. The molecule has 0 N–H and O–H groups in total. The predicted molar refractivity (Wildman–Crippen MR) is 62.8 cm³/mol. The Balaban J connectivity index is 2.20. The smallest absolute Gasteiger partial charge is 0.248 e. The lowest BCUT2D eigenvalue weighted by atomic mass is 10.3. The molecule has 0 amide bonds. The second-order valence-corrected chi connectivity index (χ2v) is 3.58. The summed E-state index contributed by atoms with van der Waals surface area (Å²) in [5.41, 5.74) is 1.15. The summed E-state index contributed by atoms with van der Waals surface area (Å²) in [7, 11) is 0. The van der Waals surface area contributed by atoms with E-state index in [1.54, 1.807) is 0 Å². The molecule has 0 unspecified atom stereocenters. The van der Waals surface area contributed by atoms with Crippen LogP contribution in [0.5, 0.6) is 5.75 Å². The third-order valence-electron chi connectivity index (χ3n) is 2.50. The van der Waals surface area contributed by atoms with Crippen molar-refractivity contribution in [2.75, 3.05) is 6.61 Å². The molecule has 0 spiro atoms. The molecule has 0 saturated carbocycles. The molecule has 1 heterocycles. The van der Waals surface area contributed by atoms with Crippen molar-refractivity contribution in [3.05, 3.63) is 43.0 Å². The first-order chi connectivity index (χ1) is 7.83. The minimum atomic E-state index is 0.707. The molecule has 16 heavy (non-hydrogen) atoms. The molecule has 1 aromatic heterocycles. The van der Waals surface area contributed by atoms with Crippen LogP contribution in [0, 0.1) is 0 Å². The Morgan fingerprint density at radius 1 is 1.19 bits per heavy atom. The fourth-order valence-corrected chi connectivity index (χ4v) is 1.62. The van der Waals surface area contributed by atoms with Crippen molar-refractivity contribution >= 4 is 0 Å². The molecule has 0 bridgehead atoms. The lowest BCUT2D eigenvalue weighted by molar-refractivity contribution is -0.692. The van der Waals surface area contributed by atoms with Gasteiger partial charge in [-0.05, 0) is 38.1 Å². The van der Waals surface area contributed by atoms with Gasteiger partial charge >= 0.3 is 0 Å². The second-order valence-electron chi connectivity index (χ2n) is 3.58. The first kappa shape index (κ1) is 10.7. The Morgan fingerprint density at radius 3 is 2.50 bits per heavy atom. The van der Waals surface area contributed by atoms with Crippen molar-refractivity contribution in [1.82, 2.24) is 4.57 Å². The molecule has 2 aromatic rings. The first-order valence-corrected chi connectivity index (χ1v) is 5.63. The van der Waals surface area contributed by atoms with Crippen molar-refractivity contribution in [3.63, 3.8) is 0 Å². The molecule has 0 aliphatic heterocycles. The fourth-order valence-electron chi connectivity index (χ4n) is 1.62. The molecule has 0 aliphatic rings. The van der Waals surface area contributed by atoms with Crippen LogP contribution >= 0.6 is 0 Å². The van der Waals surface area contributed by atoms with E-state index in [9.17, 15) is 0 Å². The van der Waals surface area contributed by atoms with Gasteiger partial charge in [-0.3, -0.25) is 0 Å². The highest BCUT2D eigenvalue weighted by Crippen LogP contribution is 2.14. The number of aromatic nitrogens is 2. The highest BCUT2D eigenvalue weighted by atomic mass is 16.5. The van der Waals surface area contributed by atoms with E-state index in [2.05, 4.69) is 46.9 Å². The summed E-state index contributed by atoms with van der Waals surface area (Å²) in [4.78, 5) is 0. The molecule has 3 heteroatoms. The van der Waals surface area contributed by atoms with Crippen molar-refractivity contribution in [3.8, 4) is 11.4 Å². The molecule has 1 aromatic carbocycles.